The van der Waals surface area contributed by atoms with Crippen LogP contribution in [0.15, 0.2) is 42.5 Å². The van der Waals surface area contributed by atoms with Gasteiger partial charge in [0.25, 0.3) is 5.91 Å². The van der Waals surface area contributed by atoms with Crippen molar-refractivity contribution < 1.29 is 9.18 Å². The lowest BCUT2D eigenvalue weighted by Crippen LogP contribution is -2.15. The van der Waals surface area contributed by atoms with E-state index in [1.165, 1.54) is 12.1 Å². The van der Waals surface area contributed by atoms with Gasteiger partial charge in [-0.15, -0.1) is 0 Å². The molecule has 6 heteroatoms. The van der Waals surface area contributed by atoms with Crippen LogP contribution in [0.5, 0.6) is 0 Å². The maximum absolute atomic E-state index is 13.2. The summed E-state index contributed by atoms with van der Waals surface area (Å²) in [6.45, 7) is 0.429. The Morgan fingerprint density at radius 2 is 2.00 bits per heavy atom. The lowest BCUT2D eigenvalue weighted by molar-refractivity contribution is 0.102. The van der Waals surface area contributed by atoms with Gasteiger partial charge in [0.15, 0.2) is 0 Å². The van der Waals surface area contributed by atoms with Gasteiger partial charge in [-0.2, -0.15) is 0 Å². The number of rotatable bonds is 3. The standard InChI is InChI=1S/C16H15FN4O/c1-21-14-7-6-12(17)8-13(14)19-16(21)20-15(22)11-4-2-10(9-18)3-5-11/h2-8H,9,18H2,1H3,(H,19,20,22). The average molecular weight is 298 g/mol. The molecule has 0 aliphatic carbocycles. The van der Waals surface area contributed by atoms with Gasteiger partial charge in [-0.1, -0.05) is 12.1 Å². The van der Waals surface area contributed by atoms with Crippen molar-refractivity contribution in [1.29, 1.82) is 0 Å². The van der Waals surface area contributed by atoms with Crippen LogP contribution in [0.1, 0.15) is 15.9 Å². The number of halogens is 1. The number of aromatic nitrogens is 2. The molecule has 0 saturated carbocycles. The average Bonchev–Trinajstić information content (AvgIpc) is 2.82. The van der Waals surface area contributed by atoms with Crippen molar-refractivity contribution in [2.75, 3.05) is 5.32 Å². The third-order valence-electron chi connectivity index (χ3n) is 3.52. The first-order valence-electron chi connectivity index (χ1n) is 6.81. The molecule has 1 amide bonds. The van der Waals surface area contributed by atoms with Crippen molar-refractivity contribution >= 4 is 22.9 Å². The zero-order valence-electron chi connectivity index (χ0n) is 12.0. The molecule has 0 aliphatic heterocycles. The number of hydrogen-bond donors (Lipinski definition) is 2. The van der Waals surface area contributed by atoms with Crippen molar-refractivity contribution in [2.45, 2.75) is 6.54 Å². The minimum atomic E-state index is -0.360. The van der Waals surface area contributed by atoms with Crippen LogP contribution in [0, 0.1) is 5.82 Å². The highest BCUT2D eigenvalue weighted by atomic mass is 19.1. The molecule has 0 fully saturated rings. The Bertz CT molecular complexity index is 839. The van der Waals surface area contributed by atoms with Crippen LogP contribution in [0.25, 0.3) is 11.0 Å². The van der Waals surface area contributed by atoms with Gasteiger partial charge < -0.3 is 10.3 Å². The number of carbonyl (C=O) groups excluding carboxylic acids is 1. The number of hydrogen-bond acceptors (Lipinski definition) is 3. The molecule has 3 N–H and O–H groups in total. The number of nitrogens with one attached hydrogen (secondary N) is 1. The van der Waals surface area contributed by atoms with Gasteiger partial charge in [0.1, 0.15) is 5.82 Å². The van der Waals surface area contributed by atoms with Crippen LogP contribution in [-0.2, 0) is 13.6 Å². The van der Waals surface area contributed by atoms with Crippen LogP contribution >= 0.6 is 0 Å². The summed E-state index contributed by atoms with van der Waals surface area (Å²) < 4.78 is 14.9. The summed E-state index contributed by atoms with van der Waals surface area (Å²) in [6.07, 6.45) is 0. The molecule has 0 saturated heterocycles. The molecule has 1 aromatic heterocycles. The second-order valence-corrected chi connectivity index (χ2v) is 4.98. The van der Waals surface area contributed by atoms with Gasteiger partial charge in [0.05, 0.1) is 11.0 Å². The highest BCUT2D eigenvalue weighted by Gasteiger charge is 2.12. The van der Waals surface area contributed by atoms with Gasteiger partial charge >= 0.3 is 0 Å². The molecule has 22 heavy (non-hydrogen) atoms. The van der Waals surface area contributed by atoms with E-state index in [1.54, 1.807) is 41.9 Å². The number of anilines is 1. The monoisotopic (exact) mass is 298 g/mol. The fourth-order valence-electron chi connectivity index (χ4n) is 2.25. The van der Waals surface area contributed by atoms with E-state index in [-0.39, 0.29) is 11.7 Å². The largest absolute Gasteiger partial charge is 0.326 e. The minimum Gasteiger partial charge on any atom is -0.326 e. The van der Waals surface area contributed by atoms with Crippen LogP contribution in [0.2, 0.25) is 0 Å². The van der Waals surface area contributed by atoms with E-state index >= 15 is 0 Å². The fraction of sp³-hybridized carbons (Fsp3) is 0.125. The molecule has 0 radical (unpaired) electrons. The SMILES string of the molecule is Cn1c(NC(=O)c2ccc(CN)cc2)nc2cc(F)ccc21. The number of benzene rings is 2. The Morgan fingerprint density at radius 3 is 2.68 bits per heavy atom. The van der Waals surface area contributed by atoms with E-state index < -0.39 is 0 Å². The van der Waals surface area contributed by atoms with Crippen LogP contribution < -0.4 is 11.1 Å². The molecule has 3 rings (SSSR count). The van der Waals surface area contributed by atoms with E-state index in [0.717, 1.165) is 11.1 Å². The third kappa shape index (κ3) is 2.56. The second kappa shape index (κ2) is 5.57. The number of aryl methyl sites for hydroxylation is 1. The van der Waals surface area contributed by atoms with Gasteiger partial charge in [-0.3, -0.25) is 10.1 Å². The van der Waals surface area contributed by atoms with Crippen molar-refractivity contribution in [1.82, 2.24) is 9.55 Å². The van der Waals surface area contributed by atoms with Crippen molar-refractivity contribution in [2.24, 2.45) is 12.8 Å². The smallest absolute Gasteiger partial charge is 0.257 e. The van der Waals surface area contributed by atoms with E-state index in [4.69, 9.17) is 5.73 Å². The summed E-state index contributed by atoms with van der Waals surface area (Å²) in [4.78, 5) is 16.5. The summed E-state index contributed by atoms with van der Waals surface area (Å²) in [6, 6.07) is 11.4. The normalized spacial score (nSPS) is 10.9. The van der Waals surface area contributed by atoms with Gasteiger partial charge in [0.2, 0.25) is 5.95 Å². The summed E-state index contributed by atoms with van der Waals surface area (Å²) in [7, 11) is 1.76. The van der Waals surface area contributed by atoms with Crippen LogP contribution in [-0.4, -0.2) is 15.5 Å². The summed E-state index contributed by atoms with van der Waals surface area (Å²) in [5.74, 6) is -0.267. The number of nitrogens with two attached hydrogens (primary N) is 1. The molecule has 1 heterocycles. The quantitative estimate of drug-likeness (QED) is 0.780. The first kappa shape index (κ1) is 14.2. The number of amides is 1. The molecule has 0 bridgehead atoms. The third-order valence-corrected chi connectivity index (χ3v) is 3.52. The van der Waals surface area contributed by atoms with E-state index in [0.29, 0.717) is 23.6 Å². The van der Waals surface area contributed by atoms with E-state index in [9.17, 15) is 9.18 Å². The lowest BCUT2D eigenvalue weighted by atomic mass is 10.1. The van der Waals surface area contributed by atoms with Gasteiger partial charge in [-0.05, 0) is 29.8 Å². The van der Waals surface area contributed by atoms with E-state index in [2.05, 4.69) is 10.3 Å². The zero-order valence-corrected chi connectivity index (χ0v) is 12.0. The molecule has 2 aromatic carbocycles. The summed E-state index contributed by atoms with van der Waals surface area (Å²) >= 11 is 0. The minimum absolute atomic E-state index is 0.276. The van der Waals surface area contributed by atoms with Crippen molar-refractivity contribution in [3.8, 4) is 0 Å². The van der Waals surface area contributed by atoms with Gasteiger partial charge in [-0.25, -0.2) is 9.37 Å². The van der Waals surface area contributed by atoms with Crippen molar-refractivity contribution in [3.63, 3.8) is 0 Å². The number of imidazole rings is 1. The van der Waals surface area contributed by atoms with Gasteiger partial charge in [0, 0.05) is 25.2 Å². The predicted molar refractivity (Wildman–Crippen MR) is 83.0 cm³/mol. The highest BCUT2D eigenvalue weighted by molar-refractivity contribution is 6.04. The zero-order chi connectivity index (χ0) is 15.7. The molecule has 0 atom stereocenters. The maximum atomic E-state index is 13.2. The molecule has 0 spiro atoms. The number of nitrogens with zero attached hydrogens (tertiary/aromatic N) is 2. The fourth-order valence-corrected chi connectivity index (χ4v) is 2.25. The first-order valence-corrected chi connectivity index (χ1v) is 6.81. The second-order valence-electron chi connectivity index (χ2n) is 4.98. The Kier molecular flexibility index (Phi) is 3.60. The van der Waals surface area contributed by atoms with Crippen LogP contribution in [0.4, 0.5) is 10.3 Å². The Hall–Kier alpha value is -2.73. The number of carbonyl (C=O) groups is 1. The lowest BCUT2D eigenvalue weighted by Gasteiger charge is -2.05. The first-order chi connectivity index (χ1) is 10.6. The van der Waals surface area contributed by atoms with Crippen molar-refractivity contribution in [3.05, 3.63) is 59.4 Å². The Morgan fingerprint density at radius 1 is 1.27 bits per heavy atom. The summed E-state index contributed by atoms with van der Waals surface area (Å²) in [5.41, 5.74) is 8.24. The number of fused-ring (bicyclic) bond motifs is 1. The molecular formula is C16H15FN4O. The molecule has 3 aromatic rings. The predicted octanol–water partition coefficient (Wildman–Crippen LogP) is 2.42. The molecular weight excluding hydrogens is 283 g/mol. The molecule has 0 aliphatic rings. The maximum Gasteiger partial charge on any atom is 0.257 e. The Balaban J connectivity index is 1.88. The Labute approximate surface area is 126 Å². The molecule has 0 unspecified atom stereocenters. The van der Waals surface area contributed by atoms with E-state index in [1.807, 2.05) is 0 Å². The van der Waals surface area contributed by atoms with Crippen LogP contribution in [0.3, 0.4) is 0 Å². The molecule has 112 valence electrons. The highest BCUT2D eigenvalue weighted by Crippen LogP contribution is 2.19. The summed E-state index contributed by atoms with van der Waals surface area (Å²) in [5, 5.41) is 2.73. The molecule has 5 nitrogen and oxygen atoms in total. The topological polar surface area (TPSA) is 72.9 Å².